The van der Waals surface area contributed by atoms with Gasteiger partial charge in [-0.2, -0.15) is 4.98 Å². The molecule has 1 aliphatic heterocycles. The van der Waals surface area contributed by atoms with Crippen molar-refractivity contribution in [1.82, 2.24) is 20.1 Å². The summed E-state index contributed by atoms with van der Waals surface area (Å²) < 4.78 is 0. The normalized spacial score (nSPS) is 16.8. The molecule has 1 unspecified atom stereocenters. The molecule has 2 aromatic rings. The average molecular weight is 393 g/mol. The van der Waals surface area contributed by atoms with Gasteiger partial charge in [0.2, 0.25) is 11.9 Å². The van der Waals surface area contributed by atoms with Gasteiger partial charge in [-0.3, -0.25) is 4.90 Å². The molecule has 148 valence electrons. The number of aliphatic hydroxyl groups is 1. The summed E-state index contributed by atoms with van der Waals surface area (Å²) in [5, 5.41) is 17.4. The van der Waals surface area contributed by atoms with Crippen molar-refractivity contribution in [2.45, 2.75) is 44.2 Å². The van der Waals surface area contributed by atoms with Crippen molar-refractivity contribution in [3.8, 4) is 0 Å². The van der Waals surface area contributed by atoms with Crippen LogP contribution in [0.5, 0.6) is 0 Å². The number of piperidine rings is 1. The smallest absolute Gasteiger partial charge is 0.241 e. The van der Waals surface area contributed by atoms with E-state index in [1.165, 1.54) is 5.56 Å². The van der Waals surface area contributed by atoms with E-state index >= 15 is 0 Å². The Morgan fingerprint density at radius 1 is 1.33 bits per heavy atom. The first-order valence-corrected chi connectivity index (χ1v) is 9.94. The first-order valence-electron chi connectivity index (χ1n) is 9.57. The third-order valence-corrected chi connectivity index (χ3v) is 5.79. The van der Waals surface area contributed by atoms with Crippen LogP contribution in [0.3, 0.4) is 0 Å². The standard InChI is InChI=1S/C19H29ClN6O/c1-25(16-9-11-26(12-10-16)19-22-18(21)23-24-19)17(13-27)4-2-3-14-5-7-15(20)8-6-14/h5-8,16-17,27H,2-4,9-13H2,1H3,(H3,21,22,23,24). The number of aromatic nitrogens is 3. The van der Waals surface area contributed by atoms with Crippen LogP contribution in [0.4, 0.5) is 11.9 Å². The zero-order valence-corrected chi connectivity index (χ0v) is 16.6. The van der Waals surface area contributed by atoms with Gasteiger partial charge in [0.15, 0.2) is 0 Å². The van der Waals surface area contributed by atoms with Gasteiger partial charge in [-0.15, -0.1) is 5.10 Å². The molecule has 4 N–H and O–H groups in total. The molecular formula is C19H29ClN6O. The topological polar surface area (TPSA) is 94.3 Å². The van der Waals surface area contributed by atoms with Crippen molar-refractivity contribution in [1.29, 1.82) is 0 Å². The van der Waals surface area contributed by atoms with E-state index in [0.29, 0.717) is 6.04 Å². The highest BCUT2D eigenvalue weighted by Gasteiger charge is 2.27. The second-order valence-corrected chi connectivity index (χ2v) is 7.69. The molecular weight excluding hydrogens is 364 g/mol. The highest BCUT2D eigenvalue weighted by atomic mass is 35.5. The molecule has 2 heterocycles. The van der Waals surface area contributed by atoms with E-state index in [0.717, 1.165) is 56.2 Å². The van der Waals surface area contributed by atoms with E-state index < -0.39 is 0 Å². The van der Waals surface area contributed by atoms with Gasteiger partial charge >= 0.3 is 0 Å². The second-order valence-electron chi connectivity index (χ2n) is 7.26. The number of nitrogen functional groups attached to an aromatic ring is 1. The van der Waals surface area contributed by atoms with Crippen LogP contribution in [0, 0.1) is 0 Å². The predicted octanol–water partition coefficient (Wildman–Crippen LogP) is 2.32. The van der Waals surface area contributed by atoms with Gasteiger partial charge in [0.05, 0.1) is 6.61 Å². The number of nitrogens with zero attached hydrogens (tertiary/aromatic N) is 4. The third-order valence-electron chi connectivity index (χ3n) is 5.53. The molecule has 27 heavy (non-hydrogen) atoms. The number of likely N-dealkylation sites (N-methyl/N-ethyl adjacent to an activating group) is 1. The third kappa shape index (κ3) is 5.34. The van der Waals surface area contributed by atoms with E-state index in [-0.39, 0.29) is 18.6 Å². The predicted molar refractivity (Wildman–Crippen MR) is 109 cm³/mol. The molecule has 0 amide bonds. The van der Waals surface area contributed by atoms with Gasteiger partial charge in [0, 0.05) is 30.2 Å². The van der Waals surface area contributed by atoms with Crippen LogP contribution in [0.25, 0.3) is 0 Å². The largest absolute Gasteiger partial charge is 0.395 e. The van der Waals surface area contributed by atoms with Crippen molar-refractivity contribution >= 4 is 23.5 Å². The highest BCUT2D eigenvalue weighted by molar-refractivity contribution is 6.30. The second kappa shape index (κ2) is 9.39. The molecule has 1 fully saturated rings. The maximum absolute atomic E-state index is 9.89. The Kier molecular flexibility index (Phi) is 6.93. The number of H-pyrrole nitrogens is 1. The summed E-state index contributed by atoms with van der Waals surface area (Å²) >= 11 is 5.94. The van der Waals surface area contributed by atoms with Crippen molar-refractivity contribution in [2.24, 2.45) is 0 Å². The van der Waals surface area contributed by atoms with Crippen molar-refractivity contribution in [3.63, 3.8) is 0 Å². The molecule has 0 spiro atoms. The fraction of sp³-hybridized carbons (Fsp3) is 0.579. The quantitative estimate of drug-likeness (QED) is 0.638. The molecule has 1 atom stereocenters. The van der Waals surface area contributed by atoms with E-state index in [4.69, 9.17) is 17.3 Å². The number of aromatic amines is 1. The maximum atomic E-state index is 9.89. The van der Waals surface area contributed by atoms with Gasteiger partial charge in [-0.1, -0.05) is 23.7 Å². The van der Waals surface area contributed by atoms with E-state index in [9.17, 15) is 5.11 Å². The summed E-state index contributed by atoms with van der Waals surface area (Å²) in [5.74, 6) is 1.03. The van der Waals surface area contributed by atoms with Crippen molar-refractivity contribution in [2.75, 3.05) is 37.4 Å². The Balaban J connectivity index is 1.45. The van der Waals surface area contributed by atoms with Crippen LogP contribution in [0.2, 0.25) is 5.02 Å². The summed E-state index contributed by atoms with van der Waals surface area (Å²) in [5.41, 5.74) is 6.88. The lowest BCUT2D eigenvalue weighted by Gasteiger charge is -2.39. The lowest BCUT2D eigenvalue weighted by molar-refractivity contribution is 0.0891. The molecule has 1 aliphatic rings. The number of benzene rings is 1. The Bertz CT molecular complexity index is 698. The Labute approximate surface area is 165 Å². The number of hydrogen-bond acceptors (Lipinski definition) is 6. The fourth-order valence-electron chi connectivity index (χ4n) is 3.81. The lowest BCUT2D eigenvalue weighted by atomic mass is 9.99. The Hall–Kier alpha value is -1.83. The number of aryl methyl sites for hydroxylation is 1. The Morgan fingerprint density at radius 2 is 2.04 bits per heavy atom. The van der Waals surface area contributed by atoms with Crippen LogP contribution >= 0.6 is 11.6 Å². The highest BCUT2D eigenvalue weighted by Crippen LogP contribution is 2.22. The van der Waals surface area contributed by atoms with Gasteiger partial charge in [-0.05, 0) is 56.8 Å². The first kappa shape index (κ1) is 19.9. The number of nitrogens with one attached hydrogen (secondary N) is 1. The molecule has 0 bridgehead atoms. The molecule has 0 saturated carbocycles. The van der Waals surface area contributed by atoms with Crippen molar-refractivity contribution < 1.29 is 5.11 Å². The minimum Gasteiger partial charge on any atom is -0.395 e. The molecule has 0 aliphatic carbocycles. The Morgan fingerprint density at radius 3 is 2.63 bits per heavy atom. The van der Waals surface area contributed by atoms with Crippen LogP contribution in [0.15, 0.2) is 24.3 Å². The number of nitrogens with two attached hydrogens (primary N) is 1. The average Bonchev–Trinajstić information content (AvgIpc) is 3.13. The van der Waals surface area contributed by atoms with Gasteiger partial charge in [0.1, 0.15) is 0 Å². The van der Waals surface area contributed by atoms with Crippen LogP contribution < -0.4 is 10.6 Å². The van der Waals surface area contributed by atoms with Crippen LogP contribution in [-0.4, -0.2) is 64.0 Å². The summed E-state index contributed by atoms with van der Waals surface area (Å²) in [6, 6.07) is 8.67. The lowest BCUT2D eigenvalue weighted by Crippen LogP contribution is -2.48. The maximum Gasteiger partial charge on any atom is 0.241 e. The number of rotatable bonds is 8. The number of aliphatic hydroxyl groups excluding tert-OH is 1. The molecule has 8 heteroatoms. The molecule has 3 rings (SSSR count). The zero-order chi connectivity index (χ0) is 19.2. The van der Waals surface area contributed by atoms with Gasteiger partial charge in [-0.25, -0.2) is 5.10 Å². The van der Waals surface area contributed by atoms with Crippen molar-refractivity contribution in [3.05, 3.63) is 34.9 Å². The van der Waals surface area contributed by atoms with E-state index in [2.05, 4.69) is 44.2 Å². The molecule has 0 radical (unpaired) electrons. The number of hydrogen-bond donors (Lipinski definition) is 3. The van der Waals surface area contributed by atoms with Gasteiger partial charge in [0.25, 0.3) is 0 Å². The number of halogens is 1. The monoisotopic (exact) mass is 392 g/mol. The van der Waals surface area contributed by atoms with Gasteiger partial charge < -0.3 is 15.7 Å². The molecule has 1 saturated heterocycles. The van der Waals surface area contributed by atoms with Crippen LogP contribution in [-0.2, 0) is 6.42 Å². The minimum atomic E-state index is 0.190. The SMILES string of the molecule is CN(C(CO)CCCc1ccc(Cl)cc1)C1CCN(c2nc(N)n[nH]2)CC1. The van der Waals surface area contributed by atoms with E-state index in [1.807, 2.05) is 12.1 Å². The summed E-state index contributed by atoms with van der Waals surface area (Å²) in [6.45, 7) is 2.01. The zero-order valence-electron chi connectivity index (χ0n) is 15.8. The molecule has 1 aromatic heterocycles. The first-order chi connectivity index (χ1) is 13.1. The summed E-state index contributed by atoms with van der Waals surface area (Å²) in [6.07, 6.45) is 5.10. The summed E-state index contributed by atoms with van der Waals surface area (Å²) in [4.78, 5) is 8.74. The minimum absolute atomic E-state index is 0.190. The molecule has 1 aromatic carbocycles. The van der Waals surface area contributed by atoms with Crippen LogP contribution in [0.1, 0.15) is 31.2 Å². The summed E-state index contributed by atoms with van der Waals surface area (Å²) in [7, 11) is 2.13. The number of anilines is 2. The fourth-order valence-corrected chi connectivity index (χ4v) is 3.93. The molecule has 7 nitrogen and oxygen atoms in total. The van der Waals surface area contributed by atoms with E-state index in [1.54, 1.807) is 0 Å².